The molecule has 0 radical (unpaired) electrons. The van der Waals surface area contributed by atoms with Crippen LogP contribution in [0.4, 0.5) is 0 Å². The molecule has 8 nitrogen and oxygen atoms in total. The van der Waals surface area contributed by atoms with Crippen molar-refractivity contribution in [3.05, 3.63) is 11.7 Å². The molecule has 1 saturated carbocycles. The molecule has 0 bridgehead atoms. The zero-order chi connectivity index (χ0) is 23.1. The van der Waals surface area contributed by atoms with Crippen LogP contribution in [0.15, 0.2) is 4.52 Å². The predicted octanol–water partition coefficient (Wildman–Crippen LogP) is 4.46. The van der Waals surface area contributed by atoms with Crippen molar-refractivity contribution >= 4 is 16.0 Å². The lowest BCUT2D eigenvalue weighted by Gasteiger charge is -2.23. The number of ether oxygens (including phenoxy) is 1. The van der Waals surface area contributed by atoms with Gasteiger partial charge in [0.15, 0.2) is 5.82 Å². The lowest BCUT2D eigenvalue weighted by molar-refractivity contribution is -0.155. The first kappa shape index (κ1) is 25.8. The van der Waals surface area contributed by atoms with E-state index in [1.54, 1.807) is 13.8 Å². The monoisotopic (exact) mass is 457 g/mol. The van der Waals surface area contributed by atoms with Gasteiger partial charge >= 0.3 is 5.97 Å². The largest absolute Gasteiger partial charge is 0.460 e. The Labute approximate surface area is 186 Å². The van der Waals surface area contributed by atoms with Gasteiger partial charge in [0.05, 0.1) is 18.2 Å². The van der Waals surface area contributed by atoms with Gasteiger partial charge in [0.1, 0.15) is 5.60 Å². The molecule has 178 valence electrons. The molecule has 1 aromatic rings. The quantitative estimate of drug-likeness (QED) is 0.488. The van der Waals surface area contributed by atoms with Gasteiger partial charge in [0.25, 0.3) is 0 Å². The molecule has 0 aliphatic heterocycles. The number of carbonyl (C=O) groups is 1. The molecule has 2 rings (SSSR count). The van der Waals surface area contributed by atoms with E-state index in [2.05, 4.69) is 14.9 Å². The van der Waals surface area contributed by atoms with E-state index in [-0.39, 0.29) is 30.7 Å². The third-order valence-corrected chi connectivity index (χ3v) is 7.40. The predicted molar refractivity (Wildman–Crippen MR) is 119 cm³/mol. The molecule has 1 aliphatic rings. The number of hydrogen-bond acceptors (Lipinski definition) is 7. The highest BCUT2D eigenvalue weighted by atomic mass is 32.2. The van der Waals surface area contributed by atoms with Gasteiger partial charge in [-0.2, -0.15) is 4.98 Å². The van der Waals surface area contributed by atoms with E-state index in [1.807, 2.05) is 20.8 Å². The molecule has 1 N–H and O–H groups in total. The molecule has 1 atom stereocenters. The standard InChI is InChI=1S/C22H39N3O5S/c1-16(2)31(27,28)23-15-19-24-21(30-25-19)18(14-20(26)29-22(3,4)5)13-9-12-17-10-7-6-8-11-17/h16-18,23H,6-15H2,1-5H3/t18-/m1/s1. The van der Waals surface area contributed by atoms with Gasteiger partial charge in [-0.15, -0.1) is 0 Å². The van der Waals surface area contributed by atoms with Crippen LogP contribution in [-0.2, 0) is 26.1 Å². The maximum atomic E-state index is 12.4. The first-order chi connectivity index (χ1) is 14.5. The van der Waals surface area contributed by atoms with E-state index in [0.29, 0.717) is 5.89 Å². The summed E-state index contributed by atoms with van der Waals surface area (Å²) in [5, 5.41) is 3.37. The maximum absolute atomic E-state index is 12.4. The van der Waals surface area contributed by atoms with Crippen molar-refractivity contribution in [1.82, 2.24) is 14.9 Å². The molecular formula is C22H39N3O5S. The summed E-state index contributed by atoms with van der Waals surface area (Å²) in [5.74, 6) is 0.866. The van der Waals surface area contributed by atoms with Gasteiger partial charge in [0, 0.05) is 5.92 Å². The van der Waals surface area contributed by atoms with Crippen LogP contribution in [-0.4, -0.2) is 35.4 Å². The van der Waals surface area contributed by atoms with Crippen LogP contribution in [0.1, 0.15) is 110 Å². The average molecular weight is 458 g/mol. The minimum absolute atomic E-state index is 0.0365. The summed E-state index contributed by atoms with van der Waals surface area (Å²) in [7, 11) is -3.42. The lowest BCUT2D eigenvalue weighted by Crippen LogP contribution is -2.30. The number of sulfonamides is 1. The van der Waals surface area contributed by atoms with Crippen molar-refractivity contribution in [2.45, 2.75) is 116 Å². The minimum Gasteiger partial charge on any atom is -0.460 e. The summed E-state index contributed by atoms with van der Waals surface area (Å²) in [5.41, 5.74) is -0.557. The fraction of sp³-hybridized carbons (Fsp3) is 0.864. The average Bonchev–Trinajstić information content (AvgIpc) is 3.14. The van der Waals surface area contributed by atoms with Crippen molar-refractivity contribution in [1.29, 1.82) is 0 Å². The summed E-state index contributed by atoms with van der Waals surface area (Å²) in [6.07, 6.45) is 9.58. The zero-order valence-electron chi connectivity index (χ0n) is 19.6. The first-order valence-electron chi connectivity index (χ1n) is 11.5. The molecular weight excluding hydrogens is 418 g/mol. The molecule has 31 heavy (non-hydrogen) atoms. The molecule has 1 heterocycles. The normalized spacial score (nSPS) is 17.1. The lowest BCUT2D eigenvalue weighted by atomic mass is 9.84. The second kappa shape index (κ2) is 11.4. The van der Waals surface area contributed by atoms with Crippen LogP contribution in [0.3, 0.4) is 0 Å². The highest BCUT2D eigenvalue weighted by Crippen LogP contribution is 2.31. The molecule has 0 unspecified atom stereocenters. The van der Waals surface area contributed by atoms with Crippen LogP contribution >= 0.6 is 0 Å². The van der Waals surface area contributed by atoms with E-state index < -0.39 is 20.9 Å². The SMILES string of the molecule is CC(C)S(=O)(=O)NCc1noc([C@H](CCCC2CCCCC2)CC(=O)OC(C)(C)C)n1. The summed E-state index contributed by atoms with van der Waals surface area (Å²) in [4.78, 5) is 16.8. The number of esters is 1. The summed E-state index contributed by atoms with van der Waals surface area (Å²) in [6.45, 7) is 8.70. The summed E-state index contributed by atoms with van der Waals surface area (Å²) < 4.78 is 37.3. The van der Waals surface area contributed by atoms with E-state index in [1.165, 1.54) is 32.1 Å². The van der Waals surface area contributed by atoms with Gasteiger partial charge in [-0.1, -0.05) is 50.1 Å². The number of rotatable bonds is 11. The molecule has 0 saturated heterocycles. The van der Waals surface area contributed by atoms with Crippen molar-refractivity contribution in [2.24, 2.45) is 5.92 Å². The van der Waals surface area contributed by atoms with Gasteiger partial charge in [0.2, 0.25) is 15.9 Å². The second-order valence-corrected chi connectivity index (χ2v) is 12.2. The van der Waals surface area contributed by atoms with Crippen molar-refractivity contribution in [3.63, 3.8) is 0 Å². The Hall–Kier alpha value is -1.48. The second-order valence-electron chi connectivity index (χ2n) is 9.89. The van der Waals surface area contributed by atoms with Crippen LogP contribution in [0.2, 0.25) is 0 Å². The summed E-state index contributed by atoms with van der Waals surface area (Å²) >= 11 is 0. The van der Waals surface area contributed by atoms with E-state index >= 15 is 0 Å². The topological polar surface area (TPSA) is 111 Å². The zero-order valence-corrected chi connectivity index (χ0v) is 20.5. The molecule has 1 aliphatic carbocycles. The Bertz CT molecular complexity index is 792. The number of hydrogen-bond donors (Lipinski definition) is 1. The van der Waals surface area contributed by atoms with Gasteiger partial charge in [-0.25, -0.2) is 13.1 Å². The number of carbonyl (C=O) groups excluding carboxylic acids is 1. The van der Waals surface area contributed by atoms with Crippen LogP contribution in [0.25, 0.3) is 0 Å². The van der Waals surface area contributed by atoms with Crippen LogP contribution in [0, 0.1) is 5.92 Å². The molecule has 1 aromatic heterocycles. The highest BCUT2D eigenvalue weighted by molar-refractivity contribution is 7.90. The fourth-order valence-electron chi connectivity index (χ4n) is 3.86. The first-order valence-corrected chi connectivity index (χ1v) is 13.0. The molecule has 9 heteroatoms. The Balaban J connectivity index is 2.00. The van der Waals surface area contributed by atoms with E-state index in [4.69, 9.17) is 9.26 Å². The Kier molecular flexibility index (Phi) is 9.48. The fourth-order valence-corrected chi connectivity index (χ4v) is 4.53. The minimum atomic E-state index is -3.42. The highest BCUT2D eigenvalue weighted by Gasteiger charge is 2.26. The van der Waals surface area contributed by atoms with Crippen LogP contribution < -0.4 is 4.72 Å². The molecule has 0 spiro atoms. The number of nitrogens with zero attached hydrogens (tertiary/aromatic N) is 2. The smallest absolute Gasteiger partial charge is 0.307 e. The van der Waals surface area contributed by atoms with Gasteiger partial charge < -0.3 is 9.26 Å². The molecule has 0 aromatic carbocycles. The maximum Gasteiger partial charge on any atom is 0.307 e. The Morgan fingerprint density at radius 3 is 2.52 bits per heavy atom. The van der Waals surface area contributed by atoms with E-state index in [9.17, 15) is 13.2 Å². The number of nitrogens with one attached hydrogen (secondary N) is 1. The molecule has 0 amide bonds. The summed E-state index contributed by atoms with van der Waals surface area (Å²) in [6, 6.07) is 0. The van der Waals surface area contributed by atoms with Gasteiger partial charge in [-0.3, -0.25) is 4.79 Å². The van der Waals surface area contributed by atoms with Gasteiger partial charge in [-0.05, 0) is 47.0 Å². The Morgan fingerprint density at radius 2 is 1.90 bits per heavy atom. The third kappa shape index (κ3) is 9.27. The number of aromatic nitrogens is 2. The van der Waals surface area contributed by atoms with Crippen LogP contribution in [0.5, 0.6) is 0 Å². The Morgan fingerprint density at radius 1 is 1.23 bits per heavy atom. The third-order valence-electron chi connectivity index (χ3n) is 5.61. The van der Waals surface area contributed by atoms with Crippen molar-refractivity contribution in [3.8, 4) is 0 Å². The van der Waals surface area contributed by atoms with Crippen molar-refractivity contribution in [2.75, 3.05) is 0 Å². The van der Waals surface area contributed by atoms with Crippen molar-refractivity contribution < 1.29 is 22.5 Å². The van der Waals surface area contributed by atoms with E-state index in [0.717, 1.165) is 25.2 Å². The molecule has 1 fully saturated rings.